The topological polar surface area (TPSA) is 102 Å². The quantitative estimate of drug-likeness (QED) is 0.798. The number of carbonyl (C=O) groups is 1. The van der Waals surface area contributed by atoms with Gasteiger partial charge >= 0.3 is 6.09 Å². The molecule has 3 rings (SSSR count). The molecule has 2 aromatic heterocycles. The Morgan fingerprint density at radius 1 is 1.27 bits per heavy atom. The van der Waals surface area contributed by atoms with Gasteiger partial charge < -0.3 is 20.3 Å². The Bertz CT molecular complexity index is 879. The van der Waals surface area contributed by atoms with Gasteiger partial charge in [-0.05, 0) is 54.4 Å². The second kappa shape index (κ2) is 8.75. The van der Waals surface area contributed by atoms with E-state index < -0.39 is 5.60 Å². The highest BCUT2D eigenvalue weighted by molar-refractivity contribution is 5.87. The Hall–Kier alpha value is -2.42. The number of aryl methyl sites for hydroxylation is 1. The smallest absolute Gasteiger partial charge is 0.410 e. The lowest BCUT2D eigenvalue weighted by Gasteiger charge is -2.41. The Kier molecular flexibility index (Phi) is 6.50. The number of carbonyl (C=O) groups excluding carboxylic acids is 1. The molecule has 3 heterocycles. The summed E-state index contributed by atoms with van der Waals surface area (Å²) < 4.78 is 7.55. The van der Waals surface area contributed by atoms with Crippen LogP contribution in [0.25, 0.3) is 11.0 Å². The Labute approximate surface area is 178 Å². The molecule has 2 aromatic rings. The minimum Gasteiger partial charge on any atom is -0.444 e. The molecule has 0 radical (unpaired) electrons. The van der Waals surface area contributed by atoms with Crippen molar-refractivity contribution in [3.05, 3.63) is 12.0 Å². The van der Waals surface area contributed by atoms with E-state index in [0.717, 1.165) is 55.7 Å². The number of piperidine rings is 1. The lowest BCUT2D eigenvalue weighted by Crippen LogP contribution is -2.51. The predicted octanol–water partition coefficient (Wildman–Crippen LogP) is 2.83. The summed E-state index contributed by atoms with van der Waals surface area (Å²) in [6.45, 7) is 15.2. The van der Waals surface area contributed by atoms with Gasteiger partial charge in [0, 0.05) is 31.7 Å². The number of ether oxygens (including phenoxy) is 1. The molecule has 0 aromatic carbocycles. The Balaban J connectivity index is 1.58. The summed E-state index contributed by atoms with van der Waals surface area (Å²) >= 11 is 0. The SMILES string of the molecule is Cc1nn(CCN2CCC(N(C(=O)OC(C)(C)C)C(C)C)CC2)c2ncnc(N)c12. The lowest BCUT2D eigenvalue weighted by molar-refractivity contribution is -0.000328. The first-order valence-electron chi connectivity index (χ1n) is 10.7. The third-order valence-corrected chi connectivity index (χ3v) is 5.47. The van der Waals surface area contributed by atoms with Gasteiger partial charge in [0.25, 0.3) is 0 Å². The van der Waals surface area contributed by atoms with Crippen LogP contribution in [0.4, 0.5) is 10.6 Å². The fourth-order valence-corrected chi connectivity index (χ4v) is 4.12. The second-order valence-electron chi connectivity index (χ2n) is 9.32. The highest BCUT2D eigenvalue weighted by Crippen LogP contribution is 2.23. The molecule has 0 atom stereocenters. The third kappa shape index (κ3) is 5.00. The van der Waals surface area contributed by atoms with E-state index in [1.807, 2.05) is 37.3 Å². The summed E-state index contributed by atoms with van der Waals surface area (Å²) in [5.74, 6) is 0.473. The monoisotopic (exact) mass is 417 g/mol. The zero-order valence-corrected chi connectivity index (χ0v) is 19.1. The summed E-state index contributed by atoms with van der Waals surface area (Å²) in [6.07, 6.45) is 3.14. The molecule has 30 heavy (non-hydrogen) atoms. The van der Waals surface area contributed by atoms with Crippen LogP contribution in [0.15, 0.2) is 6.33 Å². The first kappa shape index (κ1) is 22.3. The molecule has 1 aliphatic heterocycles. The van der Waals surface area contributed by atoms with Crippen molar-refractivity contribution in [3.8, 4) is 0 Å². The van der Waals surface area contributed by atoms with Gasteiger partial charge in [0.2, 0.25) is 0 Å². The predicted molar refractivity (Wildman–Crippen MR) is 117 cm³/mol. The van der Waals surface area contributed by atoms with E-state index >= 15 is 0 Å². The van der Waals surface area contributed by atoms with E-state index in [9.17, 15) is 4.79 Å². The van der Waals surface area contributed by atoms with Crippen molar-refractivity contribution in [3.63, 3.8) is 0 Å². The normalized spacial score (nSPS) is 16.4. The van der Waals surface area contributed by atoms with Crippen molar-refractivity contribution in [2.45, 2.75) is 78.6 Å². The number of rotatable bonds is 5. The number of hydrogen-bond donors (Lipinski definition) is 1. The van der Waals surface area contributed by atoms with Crippen molar-refractivity contribution >= 4 is 22.9 Å². The first-order chi connectivity index (χ1) is 14.1. The number of hydrogen-bond acceptors (Lipinski definition) is 7. The minimum atomic E-state index is -0.484. The molecular weight excluding hydrogens is 382 g/mol. The number of nitrogens with zero attached hydrogens (tertiary/aromatic N) is 6. The molecule has 0 bridgehead atoms. The summed E-state index contributed by atoms with van der Waals surface area (Å²) in [5, 5.41) is 5.43. The van der Waals surface area contributed by atoms with Crippen LogP contribution in [-0.4, -0.2) is 73.0 Å². The number of amides is 1. The van der Waals surface area contributed by atoms with Crippen molar-refractivity contribution in [2.24, 2.45) is 0 Å². The van der Waals surface area contributed by atoms with E-state index in [1.54, 1.807) is 0 Å². The van der Waals surface area contributed by atoms with Crippen LogP contribution in [0.3, 0.4) is 0 Å². The van der Waals surface area contributed by atoms with E-state index in [1.165, 1.54) is 6.33 Å². The molecule has 0 aliphatic carbocycles. The van der Waals surface area contributed by atoms with Gasteiger partial charge in [0.15, 0.2) is 5.65 Å². The van der Waals surface area contributed by atoms with Crippen LogP contribution in [-0.2, 0) is 11.3 Å². The van der Waals surface area contributed by atoms with E-state index in [-0.39, 0.29) is 18.2 Å². The molecule has 9 heteroatoms. The number of nitrogen functional groups attached to an aromatic ring is 1. The minimum absolute atomic E-state index is 0.111. The van der Waals surface area contributed by atoms with Crippen LogP contribution in [0.5, 0.6) is 0 Å². The highest BCUT2D eigenvalue weighted by Gasteiger charge is 2.32. The summed E-state index contributed by atoms with van der Waals surface area (Å²) in [7, 11) is 0. The number of anilines is 1. The van der Waals surface area contributed by atoms with Gasteiger partial charge in [-0.15, -0.1) is 0 Å². The summed E-state index contributed by atoms with van der Waals surface area (Å²) in [5.41, 5.74) is 7.14. The van der Waals surface area contributed by atoms with Crippen molar-refractivity contribution in [1.29, 1.82) is 0 Å². The van der Waals surface area contributed by atoms with Gasteiger partial charge in [0.05, 0.1) is 17.6 Å². The maximum absolute atomic E-state index is 12.7. The standard InChI is InChI=1S/C21H35N7O2/c1-14(2)28(20(29)30-21(4,5)6)16-7-9-26(10-8-16)11-12-27-19-17(15(3)25-27)18(22)23-13-24-19/h13-14,16H,7-12H2,1-6H3,(H2,22,23,24). The molecule has 1 aliphatic rings. The molecule has 9 nitrogen and oxygen atoms in total. The van der Waals surface area contributed by atoms with Gasteiger partial charge in [-0.3, -0.25) is 0 Å². The fraction of sp³-hybridized carbons (Fsp3) is 0.714. The molecule has 2 N–H and O–H groups in total. The molecule has 1 fully saturated rings. The number of fused-ring (bicyclic) bond motifs is 1. The van der Waals surface area contributed by atoms with Gasteiger partial charge in [-0.1, -0.05) is 0 Å². The first-order valence-corrected chi connectivity index (χ1v) is 10.7. The summed E-state index contributed by atoms with van der Waals surface area (Å²) in [4.78, 5) is 25.5. The highest BCUT2D eigenvalue weighted by atomic mass is 16.6. The summed E-state index contributed by atoms with van der Waals surface area (Å²) in [6, 6.07) is 0.316. The van der Waals surface area contributed by atoms with Crippen molar-refractivity contribution in [1.82, 2.24) is 29.5 Å². The largest absolute Gasteiger partial charge is 0.444 e. The van der Waals surface area contributed by atoms with Crippen LogP contribution < -0.4 is 5.73 Å². The van der Waals surface area contributed by atoms with E-state index in [4.69, 9.17) is 10.5 Å². The molecule has 0 saturated carbocycles. The molecular formula is C21H35N7O2. The average molecular weight is 418 g/mol. The van der Waals surface area contributed by atoms with Gasteiger partial charge in [-0.2, -0.15) is 5.10 Å². The third-order valence-electron chi connectivity index (χ3n) is 5.47. The van der Waals surface area contributed by atoms with Gasteiger partial charge in [0.1, 0.15) is 17.7 Å². The Morgan fingerprint density at radius 2 is 1.93 bits per heavy atom. The number of likely N-dealkylation sites (tertiary alicyclic amines) is 1. The van der Waals surface area contributed by atoms with E-state index in [0.29, 0.717) is 5.82 Å². The maximum atomic E-state index is 12.7. The number of aromatic nitrogens is 4. The lowest BCUT2D eigenvalue weighted by atomic mass is 10.0. The van der Waals surface area contributed by atoms with Crippen LogP contribution in [0.1, 0.15) is 53.2 Å². The zero-order chi connectivity index (χ0) is 22.1. The Morgan fingerprint density at radius 3 is 2.53 bits per heavy atom. The molecule has 1 amide bonds. The van der Waals surface area contributed by atoms with Crippen LogP contribution >= 0.6 is 0 Å². The van der Waals surface area contributed by atoms with Crippen LogP contribution in [0.2, 0.25) is 0 Å². The maximum Gasteiger partial charge on any atom is 0.410 e. The molecule has 0 spiro atoms. The van der Waals surface area contributed by atoms with Gasteiger partial charge in [-0.25, -0.2) is 19.4 Å². The molecule has 1 saturated heterocycles. The number of nitrogens with two attached hydrogens (primary N) is 1. The zero-order valence-electron chi connectivity index (χ0n) is 19.1. The van der Waals surface area contributed by atoms with Crippen molar-refractivity contribution < 1.29 is 9.53 Å². The fourth-order valence-electron chi connectivity index (χ4n) is 4.12. The van der Waals surface area contributed by atoms with E-state index in [2.05, 4.69) is 33.8 Å². The molecule has 166 valence electrons. The van der Waals surface area contributed by atoms with Crippen LogP contribution in [0, 0.1) is 6.92 Å². The molecule has 0 unspecified atom stereocenters. The average Bonchev–Trinajstić information content (AvgIpc) is 2.96. The second-order valence-corrected chi connectivity index (χ2v) is 9.32. The van der Waals surface area contributed by atoms with Crippen molar-refractivity contribution in [2.75, 3.05) is 25.4 Å².